The van der Waals surface area contributed by atoms with Gasteiger partial charge in [0.2, 0.25) is 0 Å². The Bertz CT molecular complexity index is 342. The van der Waals surface area contributed by atoms with E-state index in [1.54, 1.807) is 20.8 Å². The van der Waals surface area contributed by atoms with Crippen molar-refractivity contribution >= 4 is 0 Å². The standard InChI is InChI=1S/C9H17F3N2.C7H13F3N2.Co/c1-4-13-7(3)6-8(14-5-2)9(10,11)12;1-5(11-2)4-6(12-3)7(8,9)10;/h7-8H,4-6H2,1-3H3;5-6H,4H2,1-3H3;/q2*-2;. The Balaban J connectivity index is -0.000000416. The van der Waals surface area contributed by atoms with Crippen molar-refractivity contribution in [3.05, 3.63) is 21.3 Å². The molecule has 0 bridgehead atoms. The molecule has 4 atom stereocenters. The molecule has 0 N–H and O–H groups in total. The predicted molar refractivity (Wildman–Crippen MR) is 94.2 cm³/mol. The van der Waals surface area contributed by atoms with Crippen LogP contribution >= 0.6 is 0 Å². The van der Waals surface area contributed by atoms with Crippen LogP contribution in [-0.2, 0) is 16.8 Å². The van der Waals surface area contributed by atoms with Gasteiger partial charge in [0.1, 0.15) is 0 Å². The van der Waals surface area contributed by atoms with E-state index in [9.17, 15) is 26.3 Å². The Kier molecular flexibility index (Phi) is 18.5. The molecule has 0 amide bonds. The van der Waals surface area contributed by atoms with Crippen LogP contribution in [-0.4, -0.2) is 63.7 Å². The first kappa shape index (κ1) is 31.6. The average Bonchev–Trinajstić information content (AvgIpc) is 2.50. The Labute approximate surface area is 169 Å². The third-order valence-corrected chi connectivity index (χ3v) is 3.53. The van der Waals surface area contributed by atoms with Crippen molar-refractivity contribution in [3.63, 3.8) is 0 Å². The van der Waals surface area contributed by atoms with Gasteiger partial charge < -0.3 is 21.3 Å². The fourth-order valence-electron chi connectivity index (χ4n) is 2.06. The van der Waals surface area contributed by atoms with E-state index in [4.69, 9.17) is 0 Å². The Morgan fingerprint density at radius 1 is 0.667 bits per heavy atom. The van der Waals surface area contributed by atoms with Crippen molar-refractivity contribution in [2.24, 2.45) is 0 Å². The molecule has 4 unspecified atom stereocenters. The zero-order valence-corrected chi connectivity index (χ0v) is 17.6. The fourth-order valence-corrected chi connectivity index (χ4v) is 2.06. The average molecular weight is 451 g/mol. The summed E-state index contributed by atoms with van der Waals surface area (Å²) < 4.78 is 73.4. The molecule has 0 aliphatic heterocycles. The summed E-state index contributed by atoms with van der Waals surface area (Å²) in [5, 5.41) is 14.5. The van der Waals surface area contributed by atoms with E-state index >= 15 is 0 Å². The van der Waals surface area contributed by atoms with Crippen molar-refractivity contribution in [3.8, 4) is 0 Å². The van der Waals surface area contributed by atoms with Gasteiger partial charge in [0.15, 0.2) is 0 Å². The van der Waals surface area contributed by atoms with E-state index < -0.39 is 24.4 Å². The molecule has 0 heterocycles. The number of nitrogens with zero attached hydrogens (tertiary/aromatic N) is 4. The number of rotatable bonds is 10. The van der Waals surface area contributed by atoms with E-state index in [0.717, 1.165) is 0 Å². The van der Waals surface area contributed by atoms with Gasteiger partial charge in [0, 0.05) is 16.8 Å². The Morgan fingerprint density at radius 3 is 1.37 bits per heavy atom. The zero-order chi connectivity index (χ0) is 21.0. The zero-order valence-electron chi connectivity index (χ0n) is 16.5. The van der Waals surface area contributed by atoms with Gasteiger partial charge in [0.25, 0.3) is 0 Å². The van der Waals surface area contributed by atoms with Gasteiger partial charge in [-0.2, -0.15) is 53.5 Å². The van der Waals surface area contributed by atoms with E-state index in [-0.39, 0.29) is 48.2 Å². The number of halogens is 6. The van der Waals surface area contributed by atoms with E-state index in [2.05, 4.69) is 21.3 Å². The van der Waals surface area contributed by atoms with Crippen LogP contribution < -0.4 is 0 Å². The molecule has 27 heavy (non-hydrogen) atoms. The summed E-state index contributed by atoms with van der Waals surface area (Å²) in [6.45, 7) is 7.51. The molecule has 0 spiro atoms. The van der Waals surface area contributed by atoms with Gasteiger partial charge in [-0.05, 0) is 12.1 Å². The van der Waals surface area contributed by atoms with Crippen LogP contribution in [0.4, 0.5) is 26.3 Å². The molecule has 0 aromatic rings. The minimum absolute atomic E-state index is 0. The van der Waals surface area contributed by atoms with Crippen LogP contribution in [0, 0.1) is 0 Å². The van der Waals surface area contributed by atoms with Crippen LogP contribution in [0.25, 0.3) is 21.3 Å². The third-order valence-electron chi connectivity index (χ3n) is 3.53. The van der Waals surface area contributed by atoms with E-state index in [1.807, 2.05) is 6.92 Å². The van der Waals surface area contributed by atoms with Crippen LogP contribution in [0.2, 0.25) is 0 Å². The van der Waals surface area contributed by atoms with Gasteiger partial charge in [-0.15, -0.1) is 12.1 Å². The molecular formula is C16H30CoF6N4-4. The van der Waals surface area contributed by atoms with Gasteiger partial charge in [-0.25, -0.2) is 0 Å². The van der Waals surface area contributed by atoms with E-state index in [1.165, 1.54) is 14.1 Å². The summed E-state index contributed by atoms with van der Waals surface area (Å²) >= 11 is 0. The molecule has 0 aromatic heterocycles. The summed E-state index contributed by atoms with van der Waals surface area (Å²) in [7, 11) is 2.69. The number of hydrogen-bond acceptors (Lipinski definition) is 0. The van der Waals surface area contributed by atoms with Gasteiger partial charge in [0.05, 0.1) is 0 Å². The van der Waals surface area contributed by atoms with Crippen LogP contribution in [0.1, 0.15) is 40.5 Å². The summed E-state index contributed by atoms with van der Waals surface area (Å²) in [5.74, 6) is 0. The molecular weight excluding hydrogens is 421 g/mol. The predicted octanol–water partition coefficient (Wildman–Crippen LogP) is 6.18. The summed E-state index contributed by atoms with van der Waals surface area (Å²) in [6.07, 6.45) is -8.55. The van der Waals surface area contributed by atoms with Gasteiger partial charge in [-0.1, -0.05) is 40.5 Å². The Hall–Kier alpha value is -0.0735. The second kappa shape index (κ2) is 15.8. The monoisotopic (exact) mass is 451 g/mol. The molecule has 0 rings (SSSR count). The molecule has 0 saturated carbocycles. The molecule has 11 heteroatoms. The molecule has 0 aliphatic rings. The maximum Gasteiger partial charge on any atom is 0.373 e. The van der Waals surface area contributed by atoms with Crippen molar-refractivity contribution in [1.82, 2.24) is 0 Å². The smallest absolute Gasteiger partial charge is 0.373 e. The minimum atomic E-state index is -4.23. The third kappa shape index (κ3) is 16.6. The molecule has 0 aliphatic carbocycles. The maximum atomic E-state index is 12.4. The summed E-state index contributed by atoms with van der Waals surface area (Å²) in [4.78, 5) is 0. The van der Waals surface area contributed by atoms with Crippen molar-refractivity contribution in [2.75, 3.05) is 27.2 Å². The van der Waals surface area contributed by atoms with Crippen molar-refractivity contribution in [1.29, 1.82) is 0 Å². The fraction of sp³-hybridized carbons (Fsp3) is 1.00. The SMILES string of the molecule is CC[N-]C(C)CC([N-]CC)C(F)(F)F.C[N-]C(C)CC([N-]C)C(F)(F)F.[Co]. The first-order valence-corrected chi connectivity index (χ1v) is 8.47. The number of hydrogen-bond donors (Lipinski definition) is 0. The first-order valence-electron chi connectivity index (χ1n) is 8.47. The van der Waals surface area contributed by atoms with Crippen LogP contribution in [0.3, 0.4) is 0 Å². The summed E-state index contributed by atoms with van der Waals surface area (Å²) in [6, 6.07) is -3.70. The normalized spacial score (nSPS) is 16.4. The first-order chi connectivity index (χ1) is 11.8. The van der Waals surface area contributed by atoms with Gasteiger partial charge >= 0.3 is 12.4 Å². The van der Waals surface area contributed by atoms with Crippen LogP contribution in [0.5, 0.6) is 0 Å². The maximum absolute atomic E-state index is 12.4. The van der Waals surface area contributed by atoms with Crippen LogP contribution in [0.15, 0.2) is 0 Å². The quantitative estimate of drug-likeness (QED) is 0.356. The van der Waals surface area contributed by atoms with Crippen molar-refractivity contribution < 1.29 is 43.1 Å². The molecule has 1 radical (unpaired) electrons. The van der Waals surface area contributed by atoms with E-state index in [0.29, 0.717) is 6.54 Å². The molecule has 4 nitrogen and oxygen atoms in total. The molecule has 0 fully saturated rings. The molecule has 0 saturated heterocycles. The second-order valence-electron chi connectivity index (χ2n) is 5.80. The molecule has 0 aromatic carbocycles. The van der Waals surface area contributed by atoms with Crippen molar-refractivity contribution in [2.45, 2.75) is 77.1 Å². The summed E-state index contributed by atoms with van der Waals surface area (Å²) in [5.41, 5.74) is 0. The second-order valence-corrected chi connectivity index (χ2v) is 5.80. The topological polar surface area (TPSA) is 56.4 Å². The minimum Gasteiger partial charge on any atom is -0.663 e. The molecule has 169 valence electrons. The van der Waals surface area contributed by atoms with Gasteiger partial charge in [-0.3, -0.25) is 0 Å². The largest absolute Gasteiger partial charge is 0.663 e. The Morgan fingerprint density at radius 2 is 1.07 bits per heavy atom. The number of alkyl halides is 6.